The second-order valence-electron chi connectivity index (χ2n) is 25.1. The summed E-state index contributed by atoms with van der Waals surface area (Å²) in [6, 6.07) is 0. The van der Waals surface area contributed by atoms with Crippen LogP contribution in [0.2, 0.25) is 0 Å². The number of imidazole rings is 3. The third-order valence-electron chi connectivity index (χ3n) is 16.8. The van der Waals surface area contributed by atoms with E-state index in [1.165, 1.54) is 70.9 Å². The quantitative estimate of drug-likeness (QED) is 0.0134. The molecule has 0 spiro atoms. The lowest BCUT2D eigenvalue weighted by Gasteiger charge is -2.36. The molecule has 0 amide bonds. The van der Waals surface area contributed by atoms with Gasteiger partial charge in [0, 0.05) is 52.1 Å². The second kappa shape index (κ2) is 38.8. The van der Waals surface area contributed by atoms with Crippen LogP contribution in [0.25, 0.3) is 34.5 Å². The summed E-state index contributed by atoms with van der Waals surface area (Å²) in [6.45, 7) is -4.02. The number of aromatic amines is 5. The van der Waals surface area contributed by atoms with Gasteiger partial charge in [0.05, 0.1) is 44.6 Å². The summed E-state index contributed by atoms with van der Waals surface area (Å²) in [4.78, 5) is 195. The molecule has 0 bridgehead atoms. The second-order valence-corrected chi connectivity index (χ2v) is 37.1. The number of nitrogens with two attached hydrogens (primary N) is 4. The summed E-state index contributed by atoms with van der Waals surface area (Å²) in [5.41, 5.74) is 17.3. The lowest BCUT2D eigenvalue weighted by Crippen LogP contribution is -2.48. The molecule has 4 saturated heterocycles. The molecule has 0 aromatic carbocycles. The average molecular weight is 1890 g/mol. The zero-order valence-corrected chi connectivity index (χ0v) is 68.6. The van der Waals surface area contributed by atoms with Gasteiger partial charge in [-0.1, -0.05) is 29.3 Å². The number of fused-ring (bicyclic) bond motifs is 2. The van der Waals surface area contributed by atoms with E-state index in [4.69, 9.17) is 60.8 Å². The number of anilines is 2. The molecular weight excluding hydrogens is 1820 g/mol. The number of methoxy groups -OCH3 is 2. The minimum absolute atomic E-state index is 0.000113. The number of nitrogens with one attached hydrogen (secondary N) is 5. The highest BCUT2D eigenvalue weighted by Gasteiger charge is 2.53. The Bertz CT molecular complexity index is 5770. The van der Waals surface area contributed by atoms with Crippen LogP contribution in [0.4, 0.5) is 11.9 Å². The van der Waals surface area contributed by atoms with Crippen molar-refractivity contribution in [3.63, 3.8) is 0 Å². The number of phosphoric ester groups is 3. The lowest BCUT2D eigenvalue weighted by molar-refractivity contribution is -0.767. The molecule has 674 valence electrons. The Balaban J connectivity index is 0.000000224. The molecule has 24 atom stereocenters. The van der Waals surface area contributed by atoms with E-state index in [9.17, 15) is 135 Å². The Morgan fingerprint density at radius 1 is 0.529 bits per heavy atom. The number of aryl methyl sites for hydroxylation is 2. The van der Waals surface area contributed by atoms with Crippen molar-refractivity contribution in [2.24, 2.45) is 25.6 Å². The maximum atomic E-state index is 12.4. The summed E-state index contributed by atoms with van der Waals surface area (Å²) in [6.07, 6.45) is -11.1. The van der Waals surface area contributed by atoms with Crippen LogP contribution in [0, 0.1) is 0 Å². The summed E-state index contributed by atoms with van der Waals surface area (Å²) in [7, 11) is -42.5. The third-order valence-corrected chi connectivity index (χ3v) is 27.5. The minimum atomic E-state index is -6.66. The number of hydrogen-bond acceptors (Lipinski definition) is 49. The highest BCUT2D eigenvalue weighted by Crippen LogP contribution is 2.67. The molecule has 62 nitrogen and oxygen atoms in total. The number of aliphatic hydroxyl groups is 6. The summed E-state index contributed by atoms with van der Waals surface area (Å²) in [5.74, 6) is -0.278. The van der Waals surface area contributed by atoms with E-state index < -0.39 is 221 Å². The van der Waals surface area contributed by atoms with Gasteiger partial charge in [-0.2, -0.15) is 9.55 Å². The van der Waals surface area contributed by atoms with Gasteiger partial charge in [0.2, 0.25) is 19.5 Å². The van der Waals surface area contributed by atoms with Gasteiger partial charge in [0.25, 0.3) is 83.6 Å². The van der Waals surface area contributed by atoms with Crippen molar-refractivity contribution < 1.29 is 193 Å². The van der Waals surface area contributed by atoms with Crippen LogP contribution in [-0.4, -0.2) is 215 Å². The van der Waals surface area contributed by atoms with Gasteiger partial charge < -0.3 is 144 Å². The Kier molecular flexibility index (Phi) is 31.3. The number of nitrogen functional groups attached to an aromatic ring is 2. The van der Waals surface area contributed by atoms with Crippen LogP contribution in [-0.2, 0) is 119 Å². The van der Waals surface area contributed by atoms with Gasteiger partial charge in [-0.15, -0.1) is 4.57 Å². The molecule has 20 N–H and O–H groups in total. The first-order chi connectivity index (χ1) is 56.2. The molecule has 11 heterocycles. The Hall–Kier alpha value is -7.09. The molecule has 4 aliphatic rings. The highest BCUT2D eigenvalue weighted by molar-refractivity contribution is 7.68. The third kappa shape index (κ3) is 24.1. The van der Waals surface area contributed by atoms with Gasteiger partial charge in [-0.05, 0) is 0 Å². The number of ether oxygens (including phenoxy) is 6. The molecule has 121 heavy (non-hydrogen) atoms. The van der Waals surface area contributed by atoms with E-state index in [0.717, 1.165) is 34.7 Å². The fourth-order valence-corrected chi connectivity index (χ4v) is 20.3. The van der Waals surface area contributed by atoms with Crippen molar-refractivity contribution in [3.05, 3.63) is 129 Å². The monoisotopic (exact) mass is 1890 g/mol. The molecule has 0 saturated carbocycles. The van der Waals surface area contributed by atoms with E-state index in [2.05, 4.69) is 60.0 Å². The number of phosphoric acid groups is 7. The molecule has 11 rings (SSSR count). The van der Waals surface area contributed by atoms with Crippen molar-refractivity contribution in [1.82, 2.24) is 52.5 Å². The average Bonchev–Trinajstić information content (AvgIpc) is 1.61. The Labute approximate surface area is 670 Å². The van der Waals surface area contributed by atoms with Gasteiger partial charge in [-0.25, -0.2) is 40.7 Å². The van der Waals surface area contributed by atoms with Crippen LogP contribution < -0.4 is 110 Å². The largest absolute Gasteiger partial charge is 0.761 e. The van der Waals surface area contributed by atoms with Gasteiger partial charge in [0.15, 0.2) is 24.9 Å². The zero-order valence-electron chi connectivity index (χ0n) is 61.5. The maximum Gasteiger partial charge on any atom is 0.405 e. The smallest absolute Gasteiger partial charge is 0.405 e. The summed E-state index contributed by atoms with van der Waals surface area (Å²) >= 11 is 0. The molecular formula is C51H71N18O44P8-5. The van der Waals surface area contributed by atoms with Crippen LogP contribution in [0.5, 0.6) is 0 Å². The van der Waals surface area contributed by atoms with Crippen LogP contribution in [0.3, 0.4) is 0 Å². The number of H-pyrrole nitrogens is 5. The predicted molar refractivity (Wildman–Crippen MR) is 373 cm³/mol. The number of rotatable bonds is 33. The van der Waals surface area contributed by atoms with Crippen LogP contribution in [0.15, 0.2) is 84.7 Å². The molecule has 7 aromatic heterocycles. The normalized spacial score (nSPS) is 28.5. The van der Waals surface area contributed by atoms with Gasteiger partial charge in [0.1, 0.15) is 80.5 Å². The molecule has 4 fully saturated rings. The standard InChI is InChI=1S/C24H36N8O22P4.C15H20N7O7P.C12H20N3O15P3/c1-30-9-32(18-13(30)20(37)28-23(26)27-18)22-16(35)17(47-2)12(51-22)8-49-56(41,42)53-58(45,46)54-57(43,44)52-55(39,40)48-7-11-14(33)15(34)21(50-11)31-6-10(4-3-5-25)19(36)29-24(31)38;1-20-7-22(12-9(20)13(24)19-15(16)18-12)14-10(23)11(27-2)8(29-14)5-28-30(25,26)21-4-3-17-6-21;13-3-1-2-6-4-15(12(19)14-10(6)18)11-9(17)8(16)7(28-11)5-27-32(23,24)30-33(25,26)29-31(20,21)22/h3-4,6,9,11-12,14-17,21-22,33-35H,5,7-8,25H2,1-2H3,(H7-,26,27,28,29,36,37,38,39,40,41,42,43,44,45,46);3-4,6-8,10-11,14,23H,5H2,1-2H3,(H3-,16,18,19,24,25,26);1-2,4,7-9,11,16-17H,3,5,13H2,(H,23,24)(H,25,26)(H,14,18,19)(H2,20,21,22)/p-5/b4-3+;;2-1+/t11-,12-,14+,15?,16?,17?,21-,22-;8-,10?,11+,14-;7-,8?,9+,11-/m101/s1. The fourth-order valence-electron chi connectivity index (χ4n) is 11.8. The van der Waals surface area contributed by atoms with Crippen molar-refractivity contribution in [2.45, 2.75) is 98.2 Å². The van der Waals surface area contributed by atoms with Crippen molar-refractivity contribution in [3.8, 4) is 0 Å². The molecule has 13 unspecified atom stereocenters. The van der Waals surface area contributed by atoms with E-state index in [1.807, 2.05) is 9.97 Å². The van der Waals surface area contributed by atoms with E-state index in [1.54, 1.807) is 13.4 Å². The van der Waals surface area contributed by atoms with Crippen LogP contribution in [0.1, 0.15) is 36.0 Å². The molecule has 7 aromatic rings. The maximum absolute atomic E-state index is 12.4. The topological polar surface area (TPSA) is 943 Å². The van der Waals surface area contributed by atoms with Crippen molar-refractivity contribution >= 4 is 109 Å². The molecule has 70 heteroatoms. The first kappa shape index (κ1) is 97.7. The van der Waals surface area contributed by atoms with E-state index in [0.29, 0.717) is 14.8 Å². The molecule has 0 radical (unpaired) electrons. The van der Waals surface area contributed by atoms with E-state index in [-0.39, 0.29) is 52.8 Å². The number of hydrogen-bond donors (Lipinski definition) is 15. The predicted octanol–water partition coefficient (Wildman–Crippen LogP) is -13.9. The van der Waals surface area contributed by atoms with Crippen molar-refractivity contribution in [1.29, 1.82) is 0 Å². The molecule has 4 aliphatic heterocycles. The first-order valence-corrected chi connectivity index (χ1v) is 45.0. The Morgan fingerprint density at radius 3 is 1.36 bits per heavy atom. The lowest BCUT2D eigenvalue weighted by atomic mass is 10.1. The van der Waals surface area contributed by atoms with Crippen LogP contribution >= 0.6 is 62.5 Å². The van der Waals surface area contributed by atoms with Gasteiger partial charge >= 0.3 is 46.0 Å². The van der Waals surface area contributed by atoms with E-state index >= 15 is 0 Å². The SMILES string of the molecule is COC1C(O)[C@H]([n+]2cn(C)c3c(=O)[nH]c(N)nc32)O[C@@H]1COP(=O)([O-])OP(=O)([O-])OP(=O)([O-])OP(=O)([O-])OC[C@H]1O[C@@H](n2cc(/C=C/CN)c(=O)[nH]c2=O)C(O)[C@H]1O.CO[C@H]1C(O)[C@@H]([n+]2cn(C)c3c(=O)[nH]c(N)[nH+]c32)O[C@H]1COP(=O)([O-])n1ccnc1.NC/C=C/c1cn([C@@H]2O[C@H](COP(=O)([O-])OP(=O)([O-])OP(=O)([O-])O)C(O)[C@@H]2O)c(=O)[nH]c1=O. The molecule has 0 aliphatic carbocycles. The minimum Gasteiger partial charge on any atom is -0.761 e. The number of aromatic nitrogens is 14. The fraction of sp³-hybridized carbons (Fsp3) is 0.510. The Morgan fingerprint density at radius 2 is 0.934 bits per heavy atom. The zero-order chi connectivity index (χ0) is 89.9. The first-order valence-electron chi connectivity index (χ1n) is 33.3. The number of nitrogens with zero attached hydrogens (tertiary/aromatic N) is 9. The van der Waals surface area contributed by atoms with Crippen molar-refractivity contribution in [2.75, 3.05) is 65.2 Å². The number of aliphatic hydroxyl groups excluding tert-OH is 6. The summed E-state index contributed by atoms with van der Waals surface area (Å²) < 4.78 is 170. The summed E-state index contributed by atoms with van der Waals surface area (Å²) in [5, 5.41) is 62.7. The highest BCUT2D eigenvalue weighted by atomic mass is 31.3. The van der Waals surface area contributed by atoms with Gasteiger partial charge in [-0.3, -0.25) is 93.7 Å².